The van der Waals surface area contributed by atoms with Gasteiger partial charge in [-0.3, -0.25) is 4.79 Å². The van der Waals surface area contributed by atoms with Gasteiger partial charge in [0, 0.05) is 23.7 Å². The smallest absolute Gasteiger partial charge is 0.338 e. The maximum Gasteiger partial charge on any atom is 0.338 e. The van der Waals surface area contributed by atoms with Gasteiger partial charge in [-0.25, -0.2) is 4.79 Å². The first-order valence-corrected chi connectivity index (χ1v) is 10.1. The van der Waals surface area contributed by atoms with Crippen molar-refractivity contribution < 1.29 is 34.4 Å². The summed E-state index contributed by atoms with van der Waals surface area (Å²) in [4.78, 5) is 25.9. The Balaban J connectivity index is 2.00. The summed E-state index contributed by atoms with van der Waals surface area (Å²) < 4.78 is 10.9. The van der Waals surface area contributed by atoms with Crippen molar-refractivity contribution in [1.82, 2.24) is 0 Å². The van der Waals surface area contributed by atoms with Gasteiger partial charge < -0.3 is 24.8 Å². The molecule has 4 aliphatic rings. The van der Waals surface area contributed by atoms with E-state index in [1.54, 1.807) is 13.8 Å². The number of carbonyl (C=O) groups excluding carboxylic acids is 2. The molecule has 4 rings (SSSR count). The molecule has 29 heavy (non-hydrogen) atoms. The molecular weight excluding hydrogens is 376 g/mol. The number of hydrogen-bond donors (Lipinski definition) is 3. The summed E-state index contributed by atoms with van der Waals surface area (Å²) in [5, 5.41) is 32.8. The molecular formula is C22H28O7. The van der Waals surface area contributed by atoms with Gasteiger partial charge in [0.05, 0.1) is 29.8 Å². The van der Waals surface area contributed by atoms with E-state index in [1.165, 1.54) is 13.2 Å². The Bertz CT molecular complexity index is 882. The molecule has 1 aliphatic heterocycles. The van der Waals surface area contributed by atoms with Crippen molar-refractivity contribution in [1.29, 1.82) is 0 Å². The highest BCUT2D eigenvalue weighted by molar-refractivity contribution is 6.13. The number of aliphatic hydroxyl groups excluding tert-OH is 3. The average molecular weight is 404 g/mol. The van der Waals surface area contributed by atoms with E-state index in [9.17, 15) is 24.9 Å². The van der Waals surface area contributed by atoms with Gasteiger partial charge in [0.2, 0.25) is 5.78 Å². The molecule has 0 aromatic carbocycles. The van der Waals surface area contributed by atoms with Gasteiger partial charge in [-0.05, 0) is 44.6 Å². The van der Waals surface area contributed by atoms with Crippen LogP contribution in [0.25, 0.3) is 0 Å². The zero-order chi connectivity index (χ0) is 21.3. The summed E-state index contributed by atoms with van der Waals surface area (Å²) in [6.45, 7) is 5.37. The minimum absolute atomic E-state index is 0.0538. The summed E-state index contributed by atoms with van der Waals surface area (Å²) in [5.41, 5.74) is -0.574. The molecule has 3 N–H and O–H groups in total. The second-order valence-electron chi connectivity index (χ2n) is 9.01. The number of ether oxygens (including phenoxy) is 2. The van der Waals surface area contributed by atoms with E-state index >= 15 is 0 Å². The van der Waals surface area contributed by atoms with Crippen LogP contribution in [0, 0.1) is 16.7 Å². The van der Waals surface area contributed by atoms with Crippen LogP contribution in [-0.2, 0) is 19.1 Å². The van der Waals surface area contributed by atoms with Crippen LogP contribution in [0.5, 0.6) is 0 Å². The predicted molar refractivity (Wildman–Crippen MR) is 103 cm³/mol. The molecule has 7 heteroatoms. The second kappa shape index (κ2) is 6.52. The van der Waals surface area contributed by atoms with Crippen molar-refractivity contribution in [2.75, 3.05) is 13.7 Å². The van der Waals surface area contributed by atoms with Crippen LogP contribution in [-0.4, -0.2) is 59.1 Å². The van der Waals surface area contributed by atoms with Crippen LogP contribution in [0.4, 0.5) is 0 Å². The van der Waals surface area contributed by atoms with Gasteiger partial charge in [-0.2, -0.15) is 0 Å². The predicted octanol–water partition coefficient (Wildman–Crippen LogP) is 1.74. The number of esters is 1. The topological polar surface area (TPSA) is 113 Å². The monoisotopic (exact) mass is 404 g/mol. The third-order valence-electron chi connectivity index (χ3n) is 7.66. The number of allylic oxidation sites excluding steroid dienone is 2. The van der Waals surface area contributed by atoms with Gasteiger partial charge in [0.25, 0.3) is 0 Å². The molecule has 0 aromatic heterocycles. The molecule has 1 saturated heterocycles. The summed E-state index contributed by atoms with van der Waals surface area (Å²) >= 11 is 0. The molecule has 1 heterocycles. The van der Waals surface area contributed by atoms with Crippen LogP contribution in [0.1, 0.15) is 40.0 Å². The first kappa shape index (κ1) is 20.3. The zero-order valence-corrected chi connectivity index (χ0v) is 17.2. The Morgan fingerprint density at radius 3 is 2.55 bits per heavy atom. The number of rotatable bonds is 2. The quantitative estimate of drug-likeness (QED) is 0.475. The lowest BCUT2D eigenvalue weighted by atomic mass is 9.53. The first-order valence-electron chi connectivity index (χ1n) is 10.1. The number of Topliss-reactive ketones (excluding diaryl/α,β-unsaturated/α-hetero) is 1. The lowest BCUT2D eigenvalue weighted by Crippen LogP contribution is -2.56. The molecule has 1 saturated carbocycles. The Kier molecular flexibility index (Phi) is 4.57. The fourth-order valence-electron chi connectivity index (χ4n) is 6.15. The van der Waals surface area contributed by atoms with Crippen LogP contribution < -0.4 is 0 Å². The van der Waals surface area contributed by atoms with E-state index in [0.29, 0.717) is 30.4 Å². The molecule has 6 unspecified atom stereocenters. The van der Waals surface area contributed by atoms with Crippen molar-refractivity contribution in [3.8, 4) is 0 Å². The lowest BCUT2D eigenvalue weighted by Gasteiger charge is -2.53. The number of fused-ring (bicyclic) bond motifs is 4. The molecule has 7 nitrogen and oxygen atoms in total. The Morgan fingerprint density at radius 1 is 1.24 bits per heavy atom. The molecule has 0 amide bonds. The SMILES string of the molecule is C/C=C1/C(=O)OC(COC)C2(C)C1=C(O)C(=O)C1=C2C(O)CC2(C)C(O)CCC12. The molecule has 0 bridgehead atoms. The Labute approximate surface area is 169 Å². The van der Waals surface area contributed by atoms with Crippen molar-refractivity contribution in [3.05, 3.63) is 34.1 Å². The van der Waals surface area contributed by atoms with Gasteiger partial charge in [-0.15, -0.1) is 0 Å². The number of cyclic esters (lactones) is 1. The molecule has 0 aromatic rings. The lowest BCUT2D eigenvalue weighted by molar-refractivity contribution is -0.157. The van der Waals surface area contributed by atoms with Crippen molar-refractivity contribution in [3.63, 3.8) is 0 Å². The van der Waals surface area contributed by atoms with Gasteiger partial charge in [0.1, 0.15) is 6.10 Å². The van der Waals surface area contributed by atoms with E-state index in [1.807, 2.05) is 6.92 Å². The third kappa shape index (κ3) is 2.41. The average Bonchev–Trinajstić information content (AvgIpc) is 2.95. The molecule has 3 aliphatic carbocycles. The van der Waals surface area contributed by atoms with Crippen LogP contribution in [0.15, 0.2) is 34.1 Å². The summed E-state index contributed by atoms with van der Waals surface area (Å²) in [5.74, 6) is -1.95. The van der Waals surface area contributed by atoms with Gasteiger partial charge in [0.15, 0.2) is 5.76 Å². The van der Waals surface area contributed by atoms with E-state index in [2.05, 4.69) is 0 Å². The number of aliphatic hydroxyl groups is 3. The van der Waals surface area contributed by atoms with E-state index < -0.39 is 46.7 Å². The Morgan fingerprint density at radius 2 is 1.93 bits per heavy atom. The highest BCUT2D eigenvalue weighted by Crippen LogP contribution is 2.62. The molecule has 6 atom stereocenters. The van der Waals surface area contributed by atoms with Crippen molar-refractivity contribution in [2.45, 2.75) is 58.3 Å². The summed E-state index contributed by atoms with van der Waals surface area (Å²) in [6, 6.07) is 0. The van der Waals surface area contributed by atoms with E-state index in [4.69, 9.17) is 9.47 Å². The number of hydrogen-bond acceptors (Lipinski definition) is 7. The highest BCUT2D eigenvalue weighted by atomic mass is 16.6. The minimum atomic E-state index is -1.10. The van der Waals surface area contributed by atoms with Gasteiger partial charge >= 0.3 is 5.97 Å². The maximum atomic E-state index is 13.4. The fourth-order valence-corrected chi connectivity index (χ4v) is 6.15. The molecule has 2 fully saturated rings. The second-order valence-corrected chi connectivity index (χ2v) is 9.01. The van der Waals surface area contributed by atoms with Crippen LogP contribution >= 0.6 is 0 Å². The van der Waals surface area contributed by atoms with E-state index in [0.717, 1.165) is 0 Å². The zero-order valence-electron chi connectivity index (χ0n) is 17.2. The standard InChI is InChI=1S/C22H28O7/c1-5-10-16-19(26)18(25)15-11-6-7-13(24)21(11,2)8-12(23)17(15)22(16,3)14(9-28-4)29-20(10)27/h5,11-14,23-24,26H,6-9H2,1-4H3/b10-5+. The van der Waals surface area contributed by atoms with Crippen molar-refractivity contribution in [2.24, 2.45) is 16.7 Å². The third-order valence-corrected chi connectivity index (χ3v) is 7.66. The first-order chi connectivity index (χ1) is 13.6. The molecule has 0 spiro atoms. The normalized spacial score (nSPS) is 43.3. The molecule has 158 valence electrons. The number of carbonyl (C=O) groups is 2. The number of ketones is 1. The number of methoxy groups -OCH3 is 1. The fraction of sp³-hybridized carbons (Fsp3) is 0.636. The maximum absolute atomic E-state index is 13.4. The van der Waals surface area contributed by atoms with Gasteiger partial charge in [-0.1, -0.05) is 13.0 Å². The van der Waals surface area contributed by atoms with Crippen molar-refractivity contribution >= 4 is 11.8 Å². The van der Waals surface area contributed by atoms with E-state index in [-0.39, 0.29) is 23.7 Å². The Hall–Kier alpha value is -1.96. The molecule has 0 radical (unpaired) electrons. The van der Waals surface area contributed by atoms with Crippen LogP contribution in [0.3, 0.4) is 0 Å². The minimum Gasteiger partial charge on any atom is -0.504 e. The van der Waals surface area contributed by atoms with Crippen LogP contribution in [0.2, 0.25) is 0 Å². The largest absolute Gasteiger partial charge is 0.504 e. The highest BCUT2D eigenvalue weighted by Gasteiger charge is 2.63. The summed E-state index contributed by atoms with van der Waals surface area (Å²) in [6.07, 6.45) is 0.505. The summed E-state index contributed by atoms with van der Waals surface area (Å²) in [7, 11) is 1.48.